The van der Waals surface area contributed by atoms with Gasteiger partial charge in [0.2, 0.25) is 0 Å². The van der Waals surface area contributed by atoms with Crippen molar-refractivity contribution in [3.8, 4) is 6.07 Å². The molecule has 1 aromatic rings. The number of anilines is 1. The van der Waals surface area contributed by atoms with Gasteiger partial charge in [0.05, 0.1) is 12.2 Å². The third-order valence-electron chi connectivity index (χ3n) is 2.97. The molecule has 100 valence electrons. The number of ether oxygens (including phenoxy) is 1. The van der Waals surface area contributed by atoms with Gasteiger partial charge in [-0.2, -0.15) is 5.26 Å². The number of nitrogens with one attached hydrogen (secondary N) is 1. The van der Waals surface area contributed by atoms with Crippen LogP contribution < -0.4 is 10.2 Å². The normalized spacial score (nSPS) is 18.7. The molecule has 6 nitrogen and oxygen atoms in total. The molecule has 1 N–H and O–H groups in total. The highest BCUT2D eigenvalue weighted by atomic mass is 16.5. The van der Waals surface area contributed by atoms with E-state index >= 15 is 0 Å². The summed E-state index contributed by atoms with van der Waals surface area (Å²) in [6.45, 7) is 4.17. The molecule has 0 radical (unpaired) electrons. The minimum absolute atomic E-state index is 0.249. The number of rotatable bonds is 3. The van der Waals surface area contributed by atoms with E-state index in [1.807, 2.05) is 11.0 Å². The Morgan fingerprint density at radius 1 is 1.68 bits per heavy atom. The molecule has 0 aliphatic carbocycles. The molecule has 1 fully saturated rings. The summed E-state index contributed by atoms with van der Waals surface area (Å²) in [7, 11) is 0. The van der Waals surface area contributed by atoms with Crippen LogP contribution in [0.3, 0.4) is 0 Å². The second kappa shape index (κ2) is 6.16. The Hall–Kier alpha value is -2.13. The fourth-order valence-electron chi connectivity index (χ4n) is 2.05. The average molecular weight is 260 g/mol. The maximum absolute atomic E-state index is 11.9. The first-order chi connectivity index (χ1) is 9.26. The standard InChI is InChI=1S/C13H16N4O2/c1-2-19-13(18)11-9-15-5-6-17(11)12-4-3-10(7-14)8-16-12/h3-4,8,11,15H,2,5-6,9H2,1H3. The quantitative estimate of drug-likeness (QED) is 0.787. The average Bonchev–Trinajstić information content (AvgIpc) is 2.47. The summed E-state index contributed by atoms with van der Waals surface area (Å²) in [5, 5.41) is 11.9. The third-order valence-corrected chi connectivity index (χ3v) is 2.97. The van der Waals surface area contributed by atoms with Gasteiger partial charge >= 0.3 is 5.97 Å². The molecule has 1 unspecified atom stereocenters. The van der Waals surface area contributed by atoms with E-state index in [4.69, 9.17) is 10.00 Å². The van der Waals surface area contributed by atoms with E-state index in [1.165, 1.54) is 6.20 Å². The highest BCUT2D eigenvalue weighted by Crippen LogP contribution is 2.16. The maximum atomic E-state index is 11.9. The fraction of sp³-hybridized carbons (Fsp3) is 0.462. The van der Waals surface area contributed by atoms with Crippen LogP contribution in [0.25, 0.3) is 0 Å². The van der Waals surface area contributed by atoms with Crippen molar-refractivity contribution in [2.45, 2.75) is 13.0 Å². The zero-order chi connectivity index (χ0) is 13.7. The molecule has 19 heavy (non-hydrogen) atoms. The van der Waals surface area contributed by atoms with Crippen molar-refractivity contribution in [3.05, 3.63) is 23.9 Å². The molecule has 2 heterocycles. The topological polar surface area (TPSA) is 78.2 Å². The summed E-state index contributed by atoms with van der Waals surface area (Å²) >= 11 is 0. The number of hydrogen-bond donors (Lipinski definition) is 1. The van der Waals surface area contributed by atoms with Crippen molar-refractivity contribution in [2.75, 3.05) is 31.1 Å². The first kappa shape index (κ1) is 13.3. The SMILES string of the molecule is CCOC(=O)C1CNCCN1c1ccc(C#N)cn1. The van der Waals surface area contributed by atoms with Crippen molar-refractivity contribution in [1.82, 2.24) is 10.3 Å². The summed E-state index contributed by atoms with van der Waals surface area (Å²) < 4.78 is 5.08. The fourth-order valence-corrected chi connectivity index (χ4v) is 2.05. The Morgan fingerprint density at radius 2 is 2.53 bits per heavy atom. The molecular weight excluding hydrogens is 244 g/mol. The van der Waals surface area contributed by atoms with Gasteiger partial charge < -0.3 is 15.0 Å². The van der Waals surface area contributed by atoms with E-state index in [1.54, 1.807) is 19.1 Å². The minimum Gasteiger partial charge on any atom is -0.464 e. The highest BCUT2D eigenvalue weighted by Gasteiger charge is 2.30. The summed E-state index contributed by atoms with van der Waals surface area (Å²) in [4.78, 5) is 18.1. The predicted molar refractivity (Wildman–Crippen MR) is 69.6 cm³/mol. The zero-order valence-electron chi connectivity index (χ0n) is 10.8. The van der Waals surface area contributed by atoms with Gasteiger partial charge in [-0.05, 0) is 19.1 Å². The summed E-state index contributed by atoms with van der Waals surface area (Å²) in [5.41, 5.74) is 0.506. The van der Waals surface area contributed by atoms with Gasteiger partial charge in [-0.15, -0.1) is 0 Å². The first-order valence-electron chi connectivity index (χ1n) is 6.26. The number of hydrogen-bond acceptors (Lipinski definition) is 6. The van der Waals surface area contributed by atoms with Crippen molar-refractivity contribution in [1.29, 1.82) is 5.26 Å². The van der Waals surface area contributed by atoms with E-state index in [0.717, 1.165) is 6.54 Å². The molecule has 0 aromatic carbocycles. The van der Waals surface area contributed by atoms with E-state index in [9.17, 15) is 4.79 Å². The van der Waals surface area contributed by atoms with Crippen LogP contribution in [0.4, 0.5) is 5.82 Å². The molecule has 6 heteroatoms. The van der Waals surface area contributed by atoms with E-state index in [2.05, 4.69) is 10.3 Å². The largest absolute Gasteiger partial charge is 0.464 e. The number of nitriles is 1. The molecule has 0 bridgehead atoms. The Bertz CT molecular complexity index is 480. The number of aromatic nitrogens is 1. The highest BCUT2D eigenvalue weighted by molar-refractivity contribution is 5.80. The number of esters is 1. The number of carbonyl (C=O) groups is 1. The molecule has 1 saturated heterocycles. The lowest BCUT2D eigenvalue weighted by molar-refractivity contribution is -0.144. The van der Waals surface area contributed by atoms with Gasteiger partial charge in [-0.3, -0.25) is 0 Å². The predicted octanol–water partition coefficient (Wildman–Crippen LogP) is 0.295. The Balaban J connectivity index is 2.18. The van der Waals surface area contributed by atoms with Gasteiger partial charge in [-0.1, -0.05) is 0 Å². The van der Waals surface area contributed by atoms with Gasteiger partial charge in [-0.25, -0.2) is 9.78 Å². The molecule has 0 saturated carbocycles. The summed E-state index contributed by atoms with van der Waals surface area (Å²) in [6, 6.07) is 5.12. The third kappa shape index (κ3) is 3.01. The van der Waals surface area contributed by atoms with E-state index in [0.29, 0.717) is 31.1 Å². The molecular formula is C13H16N4O2. The lowest BCUT2D eigenvalue weighted by atomic mass is 10.2. The zero-order valence-corrected chi connectivity index (χ0v) is 10.8. The van der Waals surface area contributed by atoms with Crippen molar-refractivity contribution < 1.29 is 9.53 Å². The number of piperazine rings is 1. The van der Waals surface area contributed by atoms with Crippen molar-refractivity contribution in [3.63, 3.8) is 0 Å². The van der Waals surface area contributed by atoms with Gasteiger partial charge in [0.1, 0.15) is 17.9 Å². The van der Waals surface area contributed by atoms with Crippen LogP contribution in [0.1, 0.15) is 12.5 Å². The lowest BCUT2D eigenvalue weighted by Crippen LogP contribution is -2.56. The smallest absolute Gasteiger partial charge is 0.330 e. The summed E-state index contributed by atoms with van der Waals surface area (Å²) in [5.74, 6) is 0.444. The van der Waals surface area contributed by atoms with Crippen LogP contribution in [0.15, 0.2) is 18.3 Å². The van der Waals surface area contributed by atoms with Crippen LogP contribution >= 0.6 is 0 Å². The molecule has 0 amide bonds. The molecule has 1 aromatic heterocycles. The molecule has 2 rings (SSSR count). The van der Waals surface area contributed by atoms with Crippen LogP contribution in [-0.4, -0.2) is 43.2 Å². The Morgan fingerprint density at radius 3 is 3.16 bits per heavy atom. The lowest BCUT2D eigenvalue weighted by Gasteiger charge is -2.35. The number of nitrogens with zero attached hydrogens (tertiary/aromatic N) is 3. The second-order valence-electron chi connectivity index (χ2n) is 4.18. The van der Waals surface area contributed by atoms with Crippen LogP contribution in [0.5, 0.6) is 0 Å². The van der Waals surface area contributed by atoms with Crippen molar-refractivity contribution in [2.24, 2.45) is 0 Å². The Labute approximate surface area is 112 Å². The van der Waals surface area contributed by atoms with Gasteiger partial charge in [0.15, 0.2) is 0 Å². The molecule has 1 aliphatic rings. The van der Waals surface area contributed by atoms with Gasteiger partial charge in [0, 0.05) is 25.8 Å². The molecule has 0 spiro atoms. The maximum Gasteiger partial charge on any atom is 0.330 e. The van der Waals surface area contributed by atoms with Crippen molar-refractivity contribution >= 4 is 11.8 Å². The van der Waals surface area contributed by atoms with Crippen LogP contribution in [0, 0.1) is 11.3 Å². The minimum atomic E-state index is -0.367. The number of pyridine rings is 1. The summed E-state index contributed by atoms with van der Waals surface area (Å²) in [6.07, 6.45) is 1.51. The van der Waals surface area contributed by atoms with Crippen LogP contribution in [-0.2, 0) is 9.53 Å². The number of carbonyl (C=O) groups excluding carboxylic acids is 1. The van der Waals surface area contributed by atoms with Crippen LogP contribution in [0.2, 0.25) is 0 Å². The Kier molecular flexibility index (Phi) is 4.31. The molecule has 1 aliphatic heterocycles. The molecule has 1 atom stereocenters. The van der Waals surface area contributed by atoms with E-state index < -0.39 is 0 Å². The second-order valence-corrected chi connectivity index (χ2v) is 4.18. The first-order valence-corrected chi connectivity index (χ1v) is 6.26. The van der Waals surface area contributed by atoms with E-state index in [-0.39, 0.29) is 12.0 Å². The monoisotopic (exact) mass is 260 g/mol. The van der Waals surface area contributed by atoms with Gasteiger partial charge in [0.25, 0.3) is 0 Å².